The first kappa shape index (κ1) is 25.1. The highest BCUT2D eigenvalue weighted by atomic mass is 16.5. The zero-order valence-electron chi connectivity index (χ0n) is 20.9. The van der Waals surface area contributed by atoms with E-state index in [1.807, 2.05) is 78.9 Å². The van der Waals surface area contributed by atoms with Crippen molar-refractivity contribution in [2.24, 2.45) is 5.92 Å². The van der Waals surface area contributed by atoms with E-state index < -0.39 is 0 Å². The molecule has 1 atom stereocenters. The number of rotatable bonds is 8. The summed E-state index contributed by atoms with van der Waals surface area (Å²) in [5.41, 5.74) is 2.77. The third kappa shape index (κ3) is 6.56. The van der Waals surface area contributed by atoms with E-state index in [0.717, 1.165) is 29.7 Å². The molecule has 0 aliphatic carbocycles. The van der Waals surface area contributed by atoms with E-state index in [1.54, 1.807) is 24.0 Å². The number of para-hydroxylation sites is 1. The van der Waals surface area contributed by atoms with E-state index in [4.69, 9.17) is 9.47 Å². The van der Waals surface area contributed by atoms with E-state index in [0.29, 0.717) is 37.7 Å². The Bertz CT molecular complexity index is 1150. The van der Waals surface area contributed by atoms with Crippen molar-refractivity contribution >= 4 is 17.6 Å². The van der Waals surface area contributed by atoms with Crippen molar-refractivity contribution in [3.05, 3.63) is 90.0 Å². The van der Waals surface area contributed by atoms with Gasteiger partial charge in [-0.05, 0) is 48.2 Å². The molecule has 1 N–H and O–H groups in total. The number of hydrogen-bond acceptors (Lipinski definition) is 4. The van der Waals surface area contributed by atoms with Gasteiger partial charge in [0, 0.05) is 32.4 Å². The maximum absolute atomic E-state index is 13.2. The molecule has 0 bridgehead atoms. The second-order valence-electron chi connectivity index (χ2n) is 9.04. The highest BCUT2D eigenvalue weighted by molar-refractivity contribution is 5.90. The maximum Gasteiger partial charge on any atom is 0.321 e. The summed E-state index contributed by atoms with van der Waals surface area (Å²) < 4.78 is 11.5. The van der Waals surface area contributed by atoms with Crippen molar-refractivity contribution in [2.75, 3.05) is 32.6 Å². The Balaban J connectivity index is 1.33. The summed E-state index contributed by atoms with van der Waals surface area (Å²) in [5.74, 6) is 1.10. The van der Waals surface area contributed by atoms with Crippen LogP contribution in [0, 0.1) is 5.92 Å². The Hall–Kier alpha value is -4.00. The van der Waals surface area contributed by atoms with Gasteiger partial charge in [0.15, 0.2) is 11.5 Å². The molecule has 0 aromatic heterocycles. The number of anilines is 1. The van der Waals surface area contributed by atoms with Gasteiger partial charge in [-0.1, -0.05) is 54.6 Å². The van der Waals surface area contributed by atoms with Crippen molar-refractivity contribution in [1.29, 1.82) is 0 Å². The molecule has 0 saturated carbocycles. The van der Waals surface area contributed by atoms with Crippen LogP contribution >= 0.6 is 0 Å². The summed E-state index contributed by atoms with van der Waals surface area (Å²) >= 11 is 0. The van der Waals surface area contributed by atoms with E-state index in [9.17, 15) is 9.59 Å². The first-order valence-corrected chi connectivity index (χ1v) is 12.2. The lowest BCUT2D eigenvalue weighted by Gasteiger charge is -2.34. The number of ether oxygens (including phenoxy) is 2. The van der Waals surface area contributed by atoms with Crippen molar-refractivity contribution < 1.29 is 19.1 Å². The lowest BCUT2D eigenvalue weighted by molar-refractivity contribution is -0.136. The topological polar surface area (TPSA) is 71.1 Å². The predicted molar refractivity (Wildman–Crippen MR) is 140 cm³/mol. The molecule has 1 heterocycles. The quantitative estimate of drug-likeness (QED) is 0.476. The van der Waals surface area contributed by atoms with Crippen LogP contribution in [-0.4, -0.2) is 49.0 Å². The summed E-state index contributed by atoms with van der Waals surface area (Å²) in [6.45, 7) is 1.96. The standard InChI is InChI=1S/C29H33N3O4/c1-31(19-23-15-16-26(27(18-23)35-2)36-21-22-10-5-3-6-11-22)28(33)24-12-9-17-32(20-24)29(34)30-25-13-7-4-8-14-25/h3-8,10-11,13-16,18,24H,9,12,17,19-21H2,1-2H3,(H,30,34)/t24-/m1/s1. The minimum absolute atomic E-state index is 0.0376. The van der Waals surface area contributed by atoms with Gasteiger partial charge in [0.05, 0.1) is 13.0 Å². The van der Waals surface area contributed by atoms with Crippen LogP contribution in [0.3, 0.4) is 0 Å². The number of likely N-dealkylation sites (tertiary alicyclic amines) is 1. The fourth-order valence-corrected chi connectivity index (χ4v) is 4.42. The summed E-state index contributed by atoms with van der Waals surface area (Å²) in [6, 6.07) is 24.9. The Kier molecular flexibility index (Phi) is 8.44. The number of piperidine rings is 1. The third-order valence-corrected chi connectivity index (χ3v) is 6.34. The van der Waals surface area contributed by atoms with E-state index >= 15 is 0 Å². The molecule has 1 aliphatic rings. The van der Waals surface area contributed by atoms with Gasteiger partial charge < -0.3 is 24.6 Å². The fraction of sp³-hybridized carbons (Fsp3) is 0.310. The molecular formula is C29H33N3O4. The monoisotopic (exact) mass is 487 g/mol. The number of nitrogens with one attached hydrogen (secondary N) is 1. The Morgan fingerprint density at radius 3 is 2.42 bits per heavy atom. The van der Waals surface area contributed by atoms with Crippen LogP contribution in [0.5, 0.6) is 11.5 Å². The molecule has 0 spiro atoms. The SMILES string of the molecule is COc1cc(CN(C)C(=O)[C@@H]2CCCN(C(=O)Nc3ccccc3)C2)ccc1OCc1ccccc1. The van der Waals surface area contributed by atoms with Crippen molar-refractivity contribution in [2.45, 2.75) is 26.0 Å². The summed E-state index contributed by atoms with van der Waals surface area (Å²) in [6.07, 6.45) is 1.57. The van der Waals surface area contributed by atoms with E-state index in [1.165, 1.54) is 0 Å². The van der Waals surface area contributed by atoms with Gasteiger partial charge in [0.25, 0.3) is 0 Å². The highest BCUT2D eigenvalue weighted by Crippen LogP contribution is 2.30. The van der Waals surface area contributed by atoms with Gasteiger partial charge in [0.1, 0.15) is 6.61 Å². The van der Waals surface area contributed by atoms with Crippen LogP contribution in [0.4, 0.5) is 10.5 Å². The molecule has 0 unspecified atom stereocenters. The van der Waals surface area contributed by atoms with Crippen molar-refractivity contribution in [1.82, 2.24) is 9.80 Å². The van der Waals surface area contributed by atoms with Gasteiger partial charge in [-0.25, -0.2) is 4.79 Å². The van der Waals surface area contributed by atoms with Crippen LogP contribution < -0.4 is 14.8 Å². The second kappa shape index (κ2) is 12.1. The van der Waals surface area contributed by atoms with Crippen LogP contribution in [0.25, 0.3) is 0 Å². The van der Waals surface area contributed by atoms with Gasteiger partial charge >= 0.3 is 6.03 Å². The molecule has 188 valence electrons. The highest BCUT2D eigenvalue weighted by Gasteiger charge is 2.30. The number of nitrogens with zero attached hydrogens (tertiary/aromatic N) is 2. The number of methoxy groups -OCH3 is 1. The van der Waals surface area contributed by atoms with Crippen LogP contribution in [0.1, 0.15) is 24.0 Å². The zero-order chi connectivity index (χ0) is 25.3. The van der Waals surface area contributed by atoms with Gasteiger partial charge in [-0.3, -0.25) is 4.79 Å². The third-order valence-electron chi connectivity index (χ3n) is 6.34. The molecule has 3 amide bonds. The summed E-state index contributed by atoms with van der Waals surface area (Å²) in [5, 5.41) is 2.92. The number of carbonyl (C=O) groups excluding carboxylic acids is 2. The first-order chi connectivity index (χ1) is 17.5. The second-order valence-corrected chi connectivity index (χ2v) is 9.04. The van der Waals surface area contributed by atoms with Crippen LogP contribution in [-0.2, 0) is 17.9 Å². The fourth-order valence-electron chi connectivity index (χ4n) is 4.42. The molecule has 36 heavy (non-hydrogen) atoms. The molecule has 7 nitrogen and oxygen atoms in total. The lowest BCUT2D eigenvalue weighted by Crippen LogP contribution is -2.47. The first-order valence-electron chi connectivity index (χ1n) is 12.2. The number of carbonyl (C=O) groups is 2. The van der Waals surface area contributed by atoms with Gasteiger partial charge in [0.2, 0.25) is 5.91 Å². The van der Waals surface area contributed by atoms with E-state index in [-0.39, 0.29) is 17.9 Å². The van der Waals surface area contributed by atoms with Crippen LogP contribution in [0.15, 0.2) is 78.9 Å². The Labute approximate surface area is 212 Å². The largest absolute Gasteiger partial charge is 0.493 e. The minimum Gasteiger partial charge on any atom is -0.493 e. The Morgan fingerprint density at radius 2 is 1.69 bits per heavy atom. The molecule has 4 rings (SSSR count). The van der Waals surface area contributed by atoms with Gasteiger partial charge in [-0.15, -0.1) is 0 Å². The number of benzene rings is 3. The number of hydrogen-bond donors (Lipinski definition) is 1. The molecular weight excluding hydrogens is 454 g/mol. The average molecular weight is 488 g/mol. The normalized spacial score (nSPS) is 15.2. The van der Waals surface area contributed by atoms with Crippen LogP contribution in [0.2, 0.25) is 0 Å². The summed E-state index contributed by atoms with van der Waals surface area (Å²) in [7, 11) is 3.41. The zero-order valence-corrected chi connectivity index (χ0v) is 20.9. The van der Waals surface area contributed by atoms with Crippen molar-refractivity contribution in [3.63, 3.8) is 0 Å². The molecule has 3 aromatic rings. The molecule has 3 aromatic carbocycles. The predicted octanol–water partition coefficient (Wildman–Crippen LogP) is 5.18. The van der Waals surface area contributed by atoms with E-state index in [2.05, 4.69) is 5.32 Å². The molecule has 1 saturated heterocycles. The minimum atomic E-state index is -0.222. The number of urea groups is 1. The molecule has 7 heteroatoms. The molecule has 1 aliphatic heterocycles. The molecule has 0 radical (unpaired) electrons. The smallest absolute Gasteiger partial charge is 0.321 e. The summed E-state index contributed by atoms with van der Waals surface area (Å²) in [4.78, 5) is 29.4. The van der Waals surface area contributed by atoms with Gasteiger partial charge in [-0.2, -0.15) is 0 Å². The Morgan fingerprint density at radius 1 is 0.972 bits per heavy atom. The number of amides is 3. The lowest BCUT2D eigenvalue weighted by atomic mass is 9.96. The molecule has 1 fully saturated rings. The van der Waals surface area contributed by atoms with Crippen molar-refractivity contribution in [3.8, 4) is 11.5 Å². The maximum atomic E-state index is 13.2. The average Bonchev–Trinajstić information content (AvgIpc) is 2.93.